The number of para-hydroxylation sites is 2. The van der Waals surface area contributed by atoms with Crippen molar-refractivity contribution in [1.29, 1.82) is 0 Å². The Hall–Kier alpha value is -2.63. The zero-order valence-electron chi connectivity index (χ0n) is 14.5. The van der Waals surface area contributed by atoms with Gasteiger partial charge >= 0.3 is 0 Å². The third-order valence-electron chi connectivity index (χ3n) is 4.24. The monoisotopic (exact) mass is 423 g/mol. The van der Waals surface area contributed by atoms with Gasteiger partial charge in [-0.2, -0.15) is 0 Å². The Bertz CT molecular complexity index is 887. The van der Waals surface area contributed by atoms with E-state index in [4.69, 9.17) is 9.47 Å². The van der Waals surface area contributed by atoms with Crippen molar-refractivity contribution in [2.24, 2.45) is 0 Å². The van der Waals surface area contributed by atoms with Crippen molar-refractivity contribution in [3.05, 3.63) is 88.9 Å². The van der Waals surface area contributed by atoms with Crippen LogP contribution in [-0.2, 0) is 4.74 Å². The van der Waals surface area contributed by atoms with E-state index in [1.54, 1.807) is 17.0 Å². The molecule has 0 radical (unpaired) electrons. The second-order valence-corrected chi connectivity index (χ2v) is 7.08. The number of epoxide rings is 1. The van der Waals surface area contributed by atoms with Crippen molar-refractivity contribution >= 4 is 33.2 Å². The summed E-state index contributed by atoms with van der Waals surface area (Å²) >= 11 is 3.49. The molecule has 0 aliphatic carbocycles. The van der Waals surface area contributed by atoms with Gasteiger partial charge in [0, 0.05) is 16.9 Å². The summed E-state index contributed by atoms with van der Waals surface area (Å²) in [5.74, 6) is 0.518. The number of rotatable bonds is 6. The van der Waals surface area contributed by atoms with E-state index in [1.165, 1.54) is 0 Å². The first kappa shape index (κ1) is 17.8. The molecule has 1 aliphatic rings. The molecule has 0 saturated carbocycles. The molecule has 1 atom stereocenters. The van der Waals surface area contributed by atoms with Gasteiger partial charge in [0.1, 0.15) is 18.5 Å². The van der Waals surface area contributed by atoms with Crippen molar-refractivity contribution in [2.75, 3.05) is 18.1 Å². The Balaban J connectivity index is 1.68. The van der Waals surface area contributed by atoms with Gasteiger partial charge in [-0.25, -0.2) is 0 Å². The molecule has 1 amide bonds. The minimum atomic E-state index is -0.118. The topological polar surface area (TPSA) is 42.1 Å². The molecule has 1 unspecified atom stereocenters. The van der Waals surface area contributed by atoms with E-state index in [-0.39, 0.29) is 12.0 Å². The summed E-state index contributed by atoms with van der Waals surface area (Å²) in [6.45, 7) is 1.21. The highest BCUT2D eigenvalue weighted by atomic mass is 79.9. The smallest absolute Gasteiger partial charge is 0.262 e. The molecule has 0 N–H and O–H groups in total. The number of hydrogen-bond donors (Lipinski definition) is 0. The second kappa shape index (κ2) is 7.94. The summed E-state index contributed by atoms with van der Waals surface area (Å²) < 4.78 is 11.8. The number of hydrogen-bond acceptors (Lipinski definition) is 3. The maximum atomic E-state index is 13.4. The van der Waals surface area contributed by atoms with Crippen molar-refractivity contribution < 1.29 is 14.3 Å². The van der Waals surface area contributed by atoms with Gasteiger partial charge in [-0.15, -0.1) is 0 Å². The standard InChI is InChI=1S/C22H18BrNO3/c23-20-12-11-16(13-21(20)27-15-19-14-26-19)22(25)24(17-7-3-1-4-8-17)18-9-5-2-6-10-18/h1-13,19H,14-15H2. The first-order chi connectivity index (χ1) is 13.2. The van der Waals surface area contributed by atoms with Crippen LogP contribution in [0.15, 0.2) is 83.3 Å². The van der Waals surface area contributed by atoms with Gasteiger partial charge < -0.3 is 9.47 Å². The Morgan fingerprint density at radius 1 is 1.00 bits per heavy atom. The molecule has 1 saturated heterocycles. The average molecular weight is 424 g/mol. The lowest BCUT2D eigenvalue weighted by molar-refractivity contribution is 0.0999. The fourth-order valence-electron chi connectivity index (χ4n) is 2.76. The molecule has 0 bridgehead atoms. The fraction of sp³-hybridized carbons (Fsp3) is 0.136. The van der Waals surface area contributed by atoms with Gasteiger partial charge in [-0.3, -0.25) is 9.69 Å². The summed E-state index contributed by atoms with van der Waals surface area (Å²) in [6.07, 6.45) is 0.154. The molecule has 0 aromatic heterocycles. The molecule has 136 valence electrons. The molecule has 1 fully saturated rings. The number of nitrogens with zero attached hydrogens (tertiary/aromatic N) is 1. The van der Waals surface area contributed by atoms with Crippen molar-refractivity contribution in [3.8, 4) is 5.75 Å². The Labute approximate surface area is 166 Å². The van der Waals surface area contributed by atoms with Crippen LogP contribution in [0.3, 0.4) is 0 Å². The van der Waals surface area contributed by atoms with Crippen molar-refractivity contribution in [3.63, 3.8) is 0 Å². The predicted molar refractivity (Wildman–Crippen MR) is 109 cm³/mol. The fourth-order valence-corrected chi connectivity index (χ4v) is 3.12. The second-order valence-electron chi connectivity index (χ2n) is 6.22. The minimum Gasteiger partial charge on any atom is -0.490 e. The summed E-state index contributed by atoms with van der Waals surface area (Å²) in [5, 5.41) is 0. The summed E-state index contributed by atoms with van der Waals surface area (Å²) in [6, 6.07) is 24.6. The maximum absolute atomic E-state index is 13.4. The molecular formula is C22H18BrNO3. The van der Waals surface area contributed by atoms with E-state index in [0.717, 1.165) is 22.5 Å². The predicted octanol–water partition coefficient (Wildman–Crippen LogP) is 5.21. The van der Waals surface area contributed by atoms with Crippen LogP contribution >= 0.6 is 15.9 Å². The summed E-state index contributed by atoms with van der Waals surface area (Å²) in [7, 11) is 0. The number of anilines is 2. The minimum absolute atomic E-state index is 0.118. The highest BCUT2D eigenvalue weighted by molar-refractivity contribution is 9.10. The first-order valence-electron chi connectivity index (χ1n) is 8.71. The lowest BCUT2D eigenvalue weighted by Crippen LogP contribution is -2.26. The first-order valence-corrected chi connectivity index (χ1v) is 9.50. The number of amides is 1. The zero-order chi connectivity index (χ0) is 18.6. The lowest BCUT2D eigenvalue weighted by atomic mass is 10.1. The molecule has 1 aliphatic heterocycles. The van der Waals surface area contributed by atoms with Crippen molar-refractivity contribution in [1.82, 2.24) is 0 Å². The number of carbonyl (C=O) groups is 1. The van der Waals surface area contributed by atoms with Gasteiger partial charge in [-0.05, 0) is 58.4 Å². The van der Waals surface area contributed by atoms with Crippen LogP contribution < -0.4 is 9.64 Å². The maximum Gasteiger partial charge on any atom is 0.262 e. The van der Waals surface area contributed by atoms with E-state index in [1.807, 2.05) is 66.7 Å². The summed E-state index contributed by atoms with van der Waals surface area (Å²) in [5.41, 5.74) is 2.17. The number of benzene rings is 3. The molecule has 27 heavy (non-hydrogen) atoms. The normalized spacial score (nSPS) is 15.2. The van der Waals surface area contributed by atoms with Gasteiger partial charge in [0.05, 0.1) is 11.1 Å². The van der Waals surface area contributed by atoms with Gasteiger partial charge in [0.15, 0.2) is 0 Å². The lowest BCUT2D eigenvalue weighted by Gasteiger charge is -2.23. The van der Waals surface area contributed by atoms with Crippen molar-refractivity contribution in [2.45, 2.75) is 6.10 Å². The highest BCUT2D eigenvalue weighted by Gasteiger charge is 2.24. The van der Waals surface area contributed by atoms with Crippen LogP contribution in [0.2, 0.25) is 0 Å². The highest BCUT2D eigenvalue weighted by Crippen LogP contribution is 2.31. The molecule has 3 aromatic carbocycles. The SMILES string of the molecule is O=C(c1ccc(Br)c(OCC2CO2)c1)N(c1ccccc1)c1ccccc1. The molecule has 4 nitrogen and oxygen atoms in total. The van der Waals surface area contributed by atoms with Gasteiger partial charge in [0.2, 0.25) is 0 Å². The molecule has 0 spiro atoms. The van der Waals surface area contributed by atoms with E-state index in [0.29, 0.717) is 17.9 Å². The van der Waals surface area contributed by atoms with E-state index >= 15 is 0 Å². The Morgan fingerprint density at radius 3 is 2.15 bits per heavy atom. The number of carbonyl (C=O) groups excluding carboxylic acids is 1. The largest absolute Gasteiger partial charge is 0.490 e. The number of halogens is 1. The molecule has 3 aromatic rings. The molecule has 5 heteroatoms. The number of ether oxygens (including phenoxy) is 2. The zero-order valence-corrected chi connectivity index (χ0v) is 16.1. The molecule has 4 rings (SSSR count). The van der Waals surface area contributed by atoms with E-state index in [9.17, 15) is 4.79 Å². The Kier molecular flexibility index (Phi) is 5.23. The summed E-state index contributed by atoms with van der Waals surface area (Å²) in [4.78, 5) is 15.1. The molecule has 1 heterocycles. The van der Waals surface area contributed by atoms with Crippen LogP contribution in [-0.4, -0.2) is 25.2 Å². The third-order valence-corrected chi connectivity index (χ3v) is 4.89. The van der Waals surface area contributed by atoms with Crippen LogP contribution in [0, 0.1) is 0 Å². The van der Waals surface area contributed by atoms with E-state index < -0.39 is 0 Å². The van der Waals surface area contributed by atoms with Crippen LogP contribution in [0.4, 0.5) is 11.4 Å². The van der Waals surface area contributed by atoms with Crippen LogP contribution in [0.1, 0.15) is 10.4 Å². The van der Waals surface area contributed by atoms with Gasteiger partial charge in [-0.1, -0.05) is 36.4 Å². The Morgan fingerprint density at radius 2 is 1.59 bits per heavy atom. The van der Waals surface area contributed by atoms with Gasteiger partial charge in [0.25, 0.3) is 5.91 Å². The quantitative estimate of drug-likeness (QED) is 0.511. The molecular weight excluding hydrogens is 406 g/mol. The van der Waals surface area contributed by atoms with E-state index in [2.05, 4.69) is 15.9 Å². The third kappa shape index (κ3) is 4.21. The van der Waals surface area contributed by atoms with Crippen LogP contribution in [0.5, 0.6) is 5.75 Å². The van der Waals surface area contributed by atoms with Crippen LogP contribution in [0.25, 0.3) is 0 Å². The average Bonchev–Trinajstić information content (AvgIpc) is 3.54.